The van der Waals surface area contributed by atoms with Crippen molar-refractivity contribution in [3.8, 4) is 11.5 Å². The number of amides is 1. The highest BCUT2D eigenvalue weighted by Gasteiger charge is 2.48. The van der Waals surface area contributed by atoms with Crippen molar-refractivity contribution in [1.29, 1.82) is 0 Å². The Bertz CT molecular complexity index is 1280. The van der Waals surface area contributed by atoms with Crippen LogP contribution < -0.4 is 14.4 Å². The molecule has 3 aromatic rings. The van der Waals surface area contributed by atoms with E-state index in [0.29, 0.717) is 11.4 Å². The molecular weight excluding hydrogens is 481 g/mol. The molecule has 1 N–H and O–H groups in total. The number of ether oxygens (including phenoxy) is 2. The highest BCUT2D eigenvalue weighted by atomic mass is 35.5. The molecule has 1 atom stereocenters. The monoisotopic (exact) mass is 501 g/mol. The van der Waals surface area contributed by atoms with Crippen LogP contribution in [-0.2, 0) is 16.0 Å². The Balaban J connectivity index is 1.96. The van der Waals surface area contributed by atoms with Crippen molar-refractivity contribution in [3.63, 3.8) is 0 Å². The van der Waals surface area contributed by atoms with Gasteiger partial charge in [-0.25, -0.2) is 0 Å². The molecule has 4 rings (SSSR count). The second kappa shape index (κ2) is 9.44. The minimum atomic E-state index is -1.02. The first kappa shape index (κ1) is 23.7. The molecule has 1 aromatic heterocycles. The van der Waals surface area contributed by atoms with Crippen LogP contribution in [-0.4, -0.2) is 31.0 Å². The van der Waals surface area contributed by atoms with Crippen molar-refractivity contribution in [1.82, 2.24) is 0 Å². The zero-order chi connectivity index (χ0) is 24.6. The lowest BCUT2D eigenvalue weighted by Crippen LogP contribution is -2.29. The lowest BCUT2D eigenvalue weighted by molar-refractivity contribution is -0.132. The van der Waals surface area contributed by atoms with E-state index in [1.54, 1.807) is 24.3 Å². The molecule has 7 nitrogen and oxygen atoms in total. The van der Waals surface area contributed by atoms with Gasteiger partial charge in [-0.05, 0) is 42.3 Å². The minimum absolute atomic E-state index is 0.0120. The number of nitrogens with zero attached hydrogens (tertiary/aromatic N) is 1. The summed E-state index contributed by atoms with van der Waals surface area (Å²) >= 11 is 12.7. The second-order valence-corrected chi connectivity index (χ2v) is 8.28. The van der Waals surface area contributed by atoms with Gasteiger partial charge < -0.3 is 19.0 Å². The zero-order valence-corrected chi connectivity index (χ0v) is 20.1. The SMILES string of the molecule is CCc1ccc(N2C(=O)C(=O)/C(=C(\O)c3cc(Cl)c(OC)c(Cl)c3OC)C2c2ccco2)cc1. The number of methoxy groups -OCH3 is 2. The highest BCUT2D eigenvalue weighted by Crippen LogP contribution is 2.48. The number of hydrogen-bond donors (Lipinski definition) is 1. The average Bonchev–Trinajstić information content (AvgIpc) is 3.45. The lowest BCUT2D eigenvalue weighted by Gasteiger charge is -2.24. The Morgan fingerprint density at radius 2 is 1.76 bits per heavy atom. The van der Waals surface area contributed by atoms with Gasteiger partial charge in [0.1, 0.15) is 22.6 Å². The predicted octanol–water partition coefficient (Wildman–Crippen LogP) is 5.79. The number of anilines is 1. The molecule has 1 saturated heterocycles. The van der Waals surface area contributed by atoms with Crippen molar-refractivity contribution in [2.45, 2.75) is 19.4 Å². The summed E-state index contributed by atoms with van der Waals surface area (Å²) in [6.45, 7) is 2.02. The number of carbonyl (C=O) groups is 2. The van der Waals surface area contributed by atoms with Crippen LogP contribution >= 0.6 is 23.2 Å². The van der Waals surface area contributed by atoms with Gasteiger partial charge in [0.25, 0.3) is 11.7 Å². The molecular formula is C25H21Cl2NO6. The summed E-state index contributed by atoms with van der Waals surface area (Å²) < 4.78 is 16.2. The van der Waals surface area contributed by atoms with Gasteiger partial charge in [-0.2, -0.15) is 0 Å². The first-order valence-electron chi connectivity index (χ1n) is 10.4. The fourth-order valence-electron chi connectivity index (χ4n) is 4.00. The molecule has 0 spiro atoms. The van der Waals surface area contributed by atoms with Crippen LogP contribution in [0, 0.1) is 0 Å². The Labute approximate surface area is 206 Å². The molecule has 1 aliphatic heterocycles. The van der Waals surface area contributed by atoms with E-state index in [4.69, 9.17) is 37.1 Å². The Morgan fingerprint density at radius 1 is 1.09 bits per heavy atom. The number of benzene rings is 2. The number of aliphatic hydroxyl groups is 1. The first-order chi connectivity index (χ1) is 16.3. The standard InChI is InChI=1S/C25H21Cl2NO6/c1-4-13-7-9-14(10-8-13)28-20(17-6-5-11-34-17)18(22(30)25(28)31)21(29)15-12-16(26)24(33-3)19(27)23(15)32-2/h5-12,20,29H,4H2,1-3H3/b21-18-. The fourth-order valence-corrected chi connectivity index (χ4v) is 4.69. The largest absolute Gasteiger partial charge is 0.507 e. The van der Waals surface area contributed by atoms with E-state index < -0.39 is 23.5 Å². The third-order valence-corrected chi connectivity index (χ3v) is 6.30. The molecule has 1 unspecified atom stereocenters. The van der Waals surface area contributed by atoms with Gasteiger partial charge in [-0.3, -0.25) is 14.5 Å². The molecule has 0 radical (unpaired) electrons. The van der Waals surface area contributed by atoms with Gasteiger partial charge >= 0.3 is 0 Å². The third-order valence-electron chi connectivity index (χ3n) is 5.67. The summed E-state index contributed by atoms with van der Waals surface area (Å²) in [4.78, 5) is 27.7. The number of carbonyl (C=O) groups excluding carboxylic acids is 2. The minimum Gasteiger partial charge on any atom is -0.507 e. The van der Waals surface area contributed by atoms with Gasteiger partial charge in [0.2, 0.25) is 0 Å². The molecule has 2 heterocycles. The predicted molar refractivity (Wildman–Crippen MR) is 129 cm³/mol. The Hall–Kier alpha value is -3.42. The molecule has 1 aliphatic rings. The van der Waals surface area contributed by atoms with Crippen molar-refractivity contribution in [2.75, 3.05) is 19.1 Å². The smallest absolute Gasteiger partial charge is 0.300 e. The number of furan rings is 1. The van der Waals surface area contributed by atoms with Crippen molar-refractivity contribution < 1.29 is 28.6 Å². The number of Topliss-reactive ketones (excluding diaryl/α,β-unsaturated/α-hetero) is 1. The molecule has 1 amide bonds. The van der Waals surface area contributed by atoms with Gasteiger partial charge in [0.15, 0.2) is 11.5 Å². The van der Waals surface area contributed by atoms with Crippen LogP contribution in [0.15, 0.2) is 58.7 Å². The second-order valence-electron chi connectivity index (χ2n) is 7.49. The fraction of sp³-hybridized carbons (Fsp3) is 0.200. The summed E-state index contributed by atoms with van der Waals surface area (Å²) in [6.07, 6.45) is 2.25. The van der Waals surface area contributed by atoms with Crippen LogP contribution in [0.25, 0.3) is 5.76 Å². The van der Waals surface area contributed by atoms with Crippen molar-refractivity contribution >= 4 is 46.3 Å². The van der Waals surface area contributed by atoms with Gasteiger partial charge in [-0.1, -0.05) is 42.3 Å². The quantitative estimate of drug-likeness (QED) is 0.261. The molecule has 0 aliphatic carbocycles. The number of hydrogen-bond acceptors (Lipinski definition) is 6. The number of ketones is 1. The molecule has 176 valence electrons. The third kappa shape index (κ3) is 3.81. The first-order valence-corrected chi connectivity index (χ1v) is 11.1. The topological polar surface area (TPSA) is 89.2 Å². The Kier molecular flexibility index (Phi) is 6.59. The van der Waals surface area contributed by atoms with Crippen molar-refractivity contribution in [3.05, 3.63) is 81.2 Å². The molecule has 0 bridgehead atoms. The van der Waals surface area contributed by atoms with Gasteiger partial charge in [0, 0.05) is 5.69 Å². The van der Waals surface area contributed by atoms with E-state index in [-0.39, 0.29) is 32.7 Å². The molecule has 34 heavy (non-hydrogen) atoms. The molecule has 2 aromatic carbocycles. The Morgan fingerprint density at radius 3 is 2.32 bits per heavy atom. The van der Waals surface area contributed by atoms with Crippen LogP contribution in [0.3, 0.4) is 0 Å². The zero-order valence-electron chi connectivity index (χ0n) is 18.6. The maximum atomic E-state index is 13.2. The van der Waals surface area contributed by atoms with Crippen LogP contribution in [0.2, 0.25) is 10.0 Å². The lowest BCUT2D eigenvalue weighted by atomic mass is 9.98. The molecule has 9 heteroatoms. The number of aliphatic hydroxyl groups excluding tert-OH is 1. The van der Waals surface area contributed by atoms with E-state index >= 15 is 0 Å². The van der Waals surface area contributed by atoms with Crippen molar-refractivity contribution in [2.24, 2.45) is 0 Å². The highest BCUT2D eigenvalue weighted by molar-refractivity contribution is 6.51. The van der Waals surface area contributed by atoms with Gasteiger partial charge in [-0.15, -0.1) is 0 Å². The normalized spacial score (nSPS) is 17.3. The number of rotatable bonds is 6. The summed E-state index contributed by atoms with van der Waals surface area (Å²) in [6, 6.07) is 10.9. The van der Waals surface area contributed by atoms with E-state index in [9.17, 15) is 14.7 Å². The van der Waals surface area contributed by atoms with Crippen LogP contribution in [0.5, 0.6) is 11.5 Å². The number of aryl methyl sites for hydroxylation is 1. The van der Waals surface area contributed by atoms with Crippen LogP contribution in [0.4, 0.5) is 5.69 Å². The summed E-state index contributed by atoms with van der Waals surface area (Å²) in [5.74, 6) is -1.71. The number of halogens is 2. The maximum Gasteiger partial charge on any atom is 0.300 e. The summed E-state index contributed by atoms with van der Waals surface area (Å²) in [5.41, 5.74) is 1.41. The van der Waals surface area contributed by atoms with E-state index in [2.05, 4.69) is 0 Å². The molecule has 1 fully saturated rings. The van der Waals surface area contributed by atoms with Gasteiger partial charge in [0.05, 0.1) is 36.6 Å². The molecule has 0 saturated carbocycles. The van der Waals surface area contributed by atoms with E-state index in [0.717, 1.165) is 12.0 Å². The van der Waals surface area contributed by atoms with Crippen LogP contribution in [0.1, 0.15) is 29.9 Å². The summed E-state index contributed by atoms with van der Waals surface area (Å²) in [7, 11) is 2.74. The van der Waals surface area contributed by atoms with E-state index in [1.807, 2.05) is 19.1 Å². The maximum absolute atomic E-state index is 13.2. The van der Waals surface area contributed by atoms with E-state index in [1.165, 1.54) is 31.4 Å². The average molecular weight is 502 g/mol. The summed E-state index contributed by atoms with van der Waals surface area (Å²) in [5, 5.41) is 11.5.